The molecule has 1 N–H and O–H groups in total. The number of carboxylic acid groups (broad SMARTS) is 1. The van der Waals surface area contributed by atoms with Gasteiger partial charge in [0.15, 0.2) is 5.69 Å². The van der Waals surface area contributed by atoms with Gasteiger partial charge < -0.3 is 5.11 Å². The Morgan fingerprint density at radius 3 is 2.61 bits per heavy atom. The van der Waals surface area contributed by atoms with Crippen LogP contribution in [0.4, 0.5) is 0 Å². The third kappa shape index (κ3) is 1.77. The summed E-state index contributed by atoms with van der Waals surface area (Å²) in [5.41, 5.74) is 0.615. The number of nitriles is 2. The van der Waals surface area contributed by atoms with Crippen molar-refractivity contribution in [2.45, 2.75) is 0 Å². The Morgan fingerprint density at radius 2 is 2.00 bits per heavy atom. The smallest absolute Gasteiger partial charge is 0.356 e. The molecule has 18 heavy (non-hydrogen) atoms. The summed E-state index contributed by atoms with van der Waals surface area (Å²) in [7, 11) is 0. The van der Waals surface area contributed by atoms with E-state index in [9.17, 15) is 4.79 Å². The minimum Gasteiger partial charge on any atom is -0.476 e. The van der Waals surface area contributed by atoms with E-state index in [-0.39, 0.29) is 16.8 Å². The van der Waals surface area contributed by atoms with Crippen LogP contribution in [0.3, 0.4) is 0 Å². The van der Waals surface area contributed by atoms with E-state index in [1.54, 1.807) is 0 Å². The molecule has 7 heteroatoms. The van der Waals surface area contributed by atoms with Gasteiger partial charge in [0, 0.05) is 0 Å². The first-order chi connectivity index (χ1) is 8.67. The molecule has 0 saturated heterocycles. The van der Waals surface area contributed by atoms with Crippen molar-refractivity contribution < 1.29 is 9.90 Å². The Hall–Kier alpha value is -3.19. The van der Waals surface area contributed by atoms with Gasteiger partial charge in [-0.1, -0.05) is 5.21 Å². The number of carboxylic acids is 1. The van der Waals surface area contributed by atoms with Crippen LogP contribution in [0, 0.1) is 22.7 Å². The molecule has 1 heterocycles. The molecule has 0 bridgehead atoms. The number of aromatic nitrogens is 3. The van der Waals surface area contributed by atoms with Gasteiger partial charge in [0.05, 0.1) is 23.0 Å². The highest BCUT2D eigenvalue weighted by atomic mass is 16.4. The molecule has 1 aromatic heterocycles. The molecule has 0 aliphatic carbocycles. The molecule has 0 unspecified atom stereocenters. The average Bonchev–Trinajstić information content (AvgIpc) is 2.87. The third-order valence-electron chi connectivity index (χ3n) is 2.26. The summed E-state index contributed by atoms with van der Waals surface area (Å²) in [6.07, 6.45) is 1.10. The van der Waals surface area contributed by atoms with E-state index in [0.717, 1.165) is 10.9 Å². The van der Waals surface area contributed by atoms with E-state index in [1.807, 2.05) is 12.1 Å². The summed E-state index contributed by atoms with van der Waals surface area (Å²) < 4.78 is 1.09. The minimum atomic E-state index is -1.18. The van der Waals surface area contributed by atoms with Crippen molar-refractivity contribution in [1.82, 2.24) is 15.0 Å². The predicted molar refractivity (Wildman–Crippen MR) is 57.7 cm³/mol. The molecular weight excluding hydrogens is 234 g/mol. The molecule has 86 valence electrons. The highest BCUT2D eigenvalue weighted by Crippen LogP contribution is 2.15. The lowest BCUT2D eigenvalue weighted by Crippen LogP contribution is -2.08. The summed E-state index contributed by atoms with van der Waals surface area (Å²) in [6.45, 7) is 0. The number of nitrogens with zero attached hydrogens (tertiary/aromatic N) is 5. The summed E-state index contributed by atoms with van der Waals surface area (Å²) in [5, 5.41) is 33.7. The third-order valence-corrected chi connectivity index (χ3v) is 2.26. The van der Waals surface area contributed by atoms with Crippen LogP contribution < -0.4 is 0 Å². The van der Waals surface area contributed by atoms with Crippen molar-refractivity contribution in [2.24, 2.45) is 0 Å². The van der Waals surface area contributed by atoms with Crippen LogP contribution in [0.15, 0.2) is 24.4 Å². The summed E-state index contributed by atoms with van der Waals surface area (Å²) in [6, 6.07) is 8.06. The van der Waals surface area contributed by atoms with Gasteiger partial charge >= 0.3 is 5.97 Å². The van der Waals surface area contributed by atoms with Crippen LogP contribution in [-0.4, -0.2) is 26.1 Å². The van der Waals surface area contributed by atoms with Gasteiger partial charge in [-0.05, 0) is 18.2 Å². The van der Waals surface area contributed by atoms with E-state index in [0.29, 0.717) is 5.69 Å². The van der Waals surface area contributed by atoms with Crippen LogP contribution in [0.1, 0.15) is 21.6 Å². The normalized spacial score (nSPS) is 9.44. The second kappa shape index (κ2) is 4.36. The van der Waals surface area contributed by atoms with E-state index in [2.05, 4.69) is 10.3 Å². The van der Waals surface area contributed by atoms with Crippen molar-refractivity contribution in [3.05, 3.63) is 41.2 Å². The zero-order chi connectivity index (χ0) is 13.1. The topological polar surface area (TPSA) is 116 Å². The molecule has 0 atom stereocenters. The lowest BCUT2D eigenvalue weighted by molar-refractivity contribution is 0.0687. The standard InChI is InChI=1S/C11H5N5O2/c12-4-7-1-2-9(3-8(7)5-13)16-10(11(17)18)6-14-15-16/h1-3,6H,(H,17,18). The Labute approximate surface area is 101 Å². The first-order valence-corrected chi connectivity index (χ1v) is 4.76. The fourth-order valence-corrected chi connectivity index (χ4v) is 1.43. The van der Waals surface area contributed by atoms with Gasteiger partial charge in [-0.25, -0.2) is 9.48 Å². The van der Waals surface area contributed by atoms with Gasteiger partial charge in [0.25, 0.3) is 0 Å². The Balaban J connectivity index is 2.60. The average molecular weight is 239 g/mol. The molecule has 0 radical (unpaired) electrons. The molecule has 0 spiro atoms. The van der Waals surface area contributed by atoms with E-state index < -0.39 is 5.97 Å². The molecule has 0 fully saturated rings. The maximum atomic E-state index is 10.9. The Morgan fingerprint density at radius 1 is 1.28 bits per heavy atom. The highest BCUT2D eigenvalue weighted by Gasteiger charge is 2.14. The van der Waals surface area contributed by atoms with Crippen molar-refractivity contribution in [3.63, 3.8) is 0 Å². The van der Waals surface area contributed by atoms with Crippen LogP contribution in [0.2, 0.25) is 0 Å². The molecule has 0 saturated carbocycles. The second-order valence-corrected chi connectivity index (χ2v) is 3.29. The van der Waals surface area contributed by atoms with Gasteiger partial charge in [-0.3, -0.25) is 0 Å². The Kier molecular flexibility index (Phi) is 2.73. The van der Waals surface area contributed by atoms with Crippen molar-refractivity contribution in [3.8, 4) is 17.8 Å². The maximum Gasteiger partial charge on any atom is 0.356 e. The predicted octanol–water partition coefficient (Wildman–Crippen LogP) is 0.709. The van der Waals surface area contributed by atoms with Gasteiger partial charge in [0.1, 0.15) is 12.1 Å². The van der Waals surface area contributed by atoms with Gasteiger partial charge in [-0.2, -0.15) is 10.5 Å². The number of hydrogen-bond donors (Lipinski definition) is 1. The summed E-state index contributed by atoms with van der Waals surface area (Å²) in [5.74, 6) is -1.18. The first kappa shape index (κ1) is 11.3. The summed E-state index contributed by atoms with van der Waals surface area (Å²) >= 11 is 0. The van der Waals surface area contributed by atoms with Crippen molar-refractivity contribution >= 4 is 5.97 Å². The van der Waals surface area contributed by atoms with Crippen molar-refractivity contribution in [1.29, 1.82) is 10.5 Å². The number of benzene rings is 1. The van der Waals surface area contributed by atoms with Crippen LogP contribution in [0.5, 0.6) is 0 Å². The monoisotopic (exact) mass is 239 g/mol. The number of hydrogen-bond acceptors (Lipinski definition) is 5. The molecule has 2 rings (SSSR count). The summed E-state index contributed by atoms with van der Waals surface area (Å²) in [4.78, 5) is 10.9. The zero-order valence-corrected chi connectivity index (χ0v) is 8.90. The zero-order valence-electron chi connectivity index (χ0n) is 8.90. The molecular formula is C11H5N5O2. The molecule has 0 amide bonds. The van der Waals surface area contributed by atoms with Gasteiger partial charge in [0.2, 0.25) is 0 Å². The lowest BCUT2D eigenvalue weighted by atomic mass is 10.1. The minimum absolute atomic E-state index is 0.122. The lowest BCUT2D eigenvalue weighted by Gasteiger charge is -2.03. The fraction of sp³-hybridized carbons (Fsp3) is 0. The van der Waals surface area contributed by atoms with E-state index in [1.165, 1.54) is 18.2 Å². The largest absolute Gasteiger partial charge is 0.476 e. The van der Waals surface area contributed by atoms with Gasteiger partial charge in [-0.15, -0.1) is 5.10 Å². The molecule has 2 aromatic rings. The highest BCUT2D eigenvalue weighted by molar-refractivity contribution is 5.85. The van der Waals surface area contributed by atoms with E-state index in [4.69, 9.17) is 15.6 Å². The van der Waals surface area contributed by atoms with E-state index >= 15 is 0 Å². The second-order valence-electron chi connectivity index (χ2n) is 3.29. The quantitative estimate of drug-likeness (QED) is 0.824. The maximum absolute atomic E-state index is 10.9. The molecule has 1 aromatic carbocycles. The molecule has 0 aliphatic rings. The Bertz CT molecular complexity index is 705. The van der Waals surface area contributed by atoms with Crippen LogP contribution in [0.25, 0.3) is 5.69 Å². The number of aromatic carboxylic acids is 1. The van der Waals surface area contributed by atoms with Crippen LogP contribution in [-0.2, 0) is 0 Å². The fourth-order valence-electron chi connectivity index (χ4n) is 1.43. The first-order valence-electron chi connectivity index (χ1n) is 4.76. The molecule has 7 nitrogen and oxygen atoms in total. The number of rotatable bonds is 2. The van der Waals surface area contributed by atoms with Crippen molar-refractivity contribution in [2.75, 3.05) is 0 Å². The molecule has 0 aliphatic heterocycles. The SMILES string of the molecule is N#Cc1ccc(-n2nncc2C(=O)O)cc1C#N. The van der Waals surface area contributed by atoms with Crippen LogP contribution >= 0.6 is 0 Å². The number of carbonyl (C=O) groups is 1.